The van der Waals surface area contributed by atoms with Gasteiger partial charge in [-0.3, -0.25) is 0 Å². The maximum Gasteiger partial charge on any atom is 0.318 e. The van der Waals surface area contributed by atoms with Crippen LogP contribution in [0.3, 0.4) is 0 Å². The van der Waals surface area contributed by atoms with E-state index in [0.717, 1.165) is 50.5 Å². The van der Waals surface area contributed by atoms with Gasteiger partial charge in [0.2, 0.25) is 0 Å². The maximum atomic E-state index is 13.9. The Hall–Kier alpha value is -4.88. The van der Waals surface area contributed by atoms with Crippen molar-refractivity contribution in [3.8, 4) is 0 Å². The molecule has 7 heteroatoms. The molecule has 0 bridgehead atoms. The molecule has 0 saturated heterocycles. The Kier molecular flexibility index (Phi) is 14.1. The monoisotopic (exact) mass is 671 g/mol. The zero-order valence-electron chi connectivity index (χ0n) is 29.3. The summed E-state index contributed by atoms with van der Waals surface area (Å²) in [5.74, 6) is 0.123. The van der Waals surface area contributed by atoms with Gasteiger partial charge in [0.1, 0.15) is 0 Å². The standard InChI is InChI=1S/C43H53N5O2/c1-34(33-48(41-25-15-14-24-40(41)44)43(50)46-30-27-36-18-8-3-9-19-36)32-47(42(49)45-29-26-35-16-6-2-7-17-35)31-28-39(37-20-10-4-11-21-37)38-22-12-5-13-23-38/h2-13,16-23,39-41H,1,14-15,24-33,44H2,(H,45,49)(H,46,50)/t40-,41-/m1/s1. The Labute approximate surface area is 298 Å². The lowest BCUT2D eigenvalue weighted by Gasteiger charge is -2.39. The lowest BCUT2D eigenvalue weighted by atomic mass is 9.88. The number of nitrogens with zero attached hydrogens (tertiary/aromatic N) is 2. The molecule has 0 unspecified atom stereocenters. The van der Waals surface area contributed by atoms with Crippen LogP contribution in [0.5, 0.6) is 0 Å². The van der Waals surface area contributed by atoms with Crippen molar-refractivity contribution in [2.24, 2.45) is 5.73 Å². The molecular weight excluding hydrogens is 619 g/mol. The molecule has 262 valence electrons. The van der Waals surface area contributed by atoms with E-state index < -0.39 is 0 Å². The minimum Gasteiger partial charge on any atom is -0.338 e. The molecule has 2 atom stereocenters. The van der Waals surface area contributed by atoms with Gasteiger partial charge in [0.05, 0.1) is 0 Å². The summed E-state index contributed by atoms with van der Waals surface area (Å²) in [7, 11) is 0. The van der Waals surface area contributed by atoms with Gasteiger partial charge in [-0.1, -0.05) is 141 Å². The number of amides is 4. The van der Waals surface area contributed by atoms with Crippen LogP contribution in [0.1, 0.15) is 60.3 Å². The number of nitrogens with two attached hydrogens (primary N) is 1. The van der Waals surface area contributed by atoms with Gasteiger partial charge in [0.15, 0.2) is 0 Å². The highest BCUT2D eigenvalue weighted by Crippen LogP contribution is 2.28. The van der Waals surface area contributed by atoms with Gasteiger partial charge in [0, 0.05) is 50.7 Å². The first-order valence-corrected chi connectivity index (χ1v) is 18.1. The van der Waals surface area contributed by atoms with E-state index in [1.807, 2.05) is 58.3 Å². The van der Waals surface area contributed by atoms with E-state index in [4.69, 9.17) is 5.73 Å². The van der Waals surface area contributed by atoms with Crippen molar-refractivity contribution in [1.82, 2.24) is 20.4 Å². The van der Waals surface area contributed by atoms with Crippen LogP contribution in [0.15, 0.2) is 133 Å². The largest absolute Gasteiger partial charge is 0.338 e. The predicted octanol–water partition coefficient (Wildman–Crippen LogP) is 7.54. The molecule has 5 rings (SSSR count). The van der Waals surface area contributed by atoms with Gasteiger partial charge >= 0.3 is 12.1 Å². The average Bonchev–Trinajstić information content (AvgIpc) is 3.15. The van der Waals surface area contributed by atoms with Crippen LogP contribution in [0.2, 0.25) is 0 Å². The van der Waals surface area contributed by atoms with Crippen molar-refractivity contribution < 1.29 is 9.59 Å². The van der Waals surface area contributed by atoms with Gasteiger partial charge in [-0.05, 0) is 59.9 Å². The first kappa shape index (κ1) is 36.4. The molecule has 1 saturated carbocycles. The van der Waals surface area contributed by atoms with Crippen LogP contribution in [0.25, 0.3) is 0 Å². The molecule has 1 aliphatic rings. The third-order valence-electron chi connectivity index (χ3n) is 9.70. The number of carbonyl (C=O) groups is 2. The second-order valence-electron chi connectivity index (χ2n) is 13.4. The first-order chi connectivity index (χ1) is 24.5. The molecule has 4 amide bonds. The van der Waals surface area contributed by atoms with Crippen molar-refractivity contribution in [3.05, 3.63) is 156 Å². The van der Waals surface area contributed by atoms with Gasteiger partial charge in [0.25, 0.3) is 0 Å². The van der Waals surface area contributed by atoms with Crippen molar-refractivity contribution in [1.29, 1.82) is 0 Å². The van der Waals surface area contributed by atoms with Gasteiger partial charge in [-0.2, -0.15) is 0 Å². The van der Waals surface area contributed by atoms with E-state index >= 15 is 0 Å². The Morgan fingerprint density at radius 1 is 0.680 bits per heavy atom. The van der Waals surface area contributed by atoms with Crippen LogP contribution in [0.4, 0.5) is 9.59 Å². The van der Waals surface area contributed by atoms with Crippen molar-refractivity contribution >= 4 is 12.1 Å². The second kappa shape index (κ2) is 19.3. The summed E-state index contributed by atoms with van der Waals surface area (Å²) < 4.78 is 0. The first-order valence-electron chi connectivity index (χ1n) is 18.1. The second-order valence-corrected chi connectivity index (χ2v) is 13.4. The molecule has 0 aliphatic heterocycles. The van der Waals surface area contributed by atoms with Crippen LogP contribution in [0, 0.1) is 0 Å². The molecular formula is C43H53N5O2. The number of urea groups is 2. The van der Waals surface area contributed by atoms with E-state index in [9.17, 15) is 9.59 Å². The third kappa shape index (κ3) is 11.1. The van der Waals surface area contributed by atoms with Gasteiger partial charge < -0.3 is 26.2 Å². The summed E-state index contributed by atoms with van der Waals surface area (Å²) in [6.45, 7) is 6.69. The summed E-state index contributed by atoms with van der Waals surface area (Å²) in [4.78, 5) is 31.4. The number of benzene rings is 4. The fraction of sp³-hybridized carbons (Fsp3) is 0.349. The Balaban J connectivity index is 1.29. The maximum absolute atomic E-state index is 13.9. The molecule has 0 spiro atoms. The highest BCUT2D eigenvalue weighted by molar-refractivity contribution is 5.76. The molecule has 1 fully saturated rings. The zero-order valence-corrected chi connectivity index (χ0v) is 29.3. The number of hydrogen-bond acceptors (Lipinski definition) is 3. The summed E-state index contributed by atoms with van der Waals surface area (Å²) in [5.41, 5.74) is 12.2. The molecule has 4 N–H and O–H groups in total. The van der Waals surface area contributed by atoms with Crippen LogP contribution in [-0.4, -0.2) is 66.7 Å². The van der Waals surface area contributed by atoms with Crippen LogP contribution in [-0.2, 0) is 12.8 Å². The minimum atomic E-state index is -0.129. The Morgan fingerprint density at radius 2 is 1.16 bits per heavy atom. The quantitative estimate of drug-likeness (QED) is 0.108. The third-order valence-corrected chi connectivity index (χ3v) is 9.70. The van der Waals surface area contributed by atoms with Gasteiger partial charge in [-0.15, -0.1) is 0 Å². The molecule has 0 heterocycles. The van der Waals surface area contributed by atoms with E-state index in [2.05, 4.69) is 90.0 Å². The molecule has 7 nitrogen and oxygen atoms in total. The lowest BCUT2D eigenvalue weighted by Crippen LogP contribution is -2.56. The van der Waals surface area contributed by atoms with E-state index in [-0.39, 0.29) is 30.1 Å². The fourth-order valence-electron chi connectivity index (χ4n) is 6.99. The number of rotatable bonds is 16. The normalized spacial score (nSPS) is 15.6. The predicted molar refractivity (Wildman–Crippen MR) is 204 cm³/mol. The summed E-state index contributed by atoms with van der Waals surface area (Å²) in [6.07, 6.45) is 6.09. The Morgan fingerprint density at radius 3 is 1.68 bits per heavy atom. The summed E-state index contributed by atoms with van der Waals surface area (Å²) >= 11 is 0. The average molecular weight is 672 g/mol. The van der Waals surface area contributed by atoms with Crippen LogP contribution >= 0.6 is 0 Å². The Bertz CT molecular complexity index is 1560. The summed E-state index contributed by atoms with van der Waals surface area (Å²) in [6, 6.07) is 40.9. The SMILES string of the molecule is C=C(CN(CCC(c1ccccc1)c1ccccc1)C(=O)NCCc1ccccc1)CN(C(=O)NCCc1ccccc1)[C@@H]1CCCC[C@H]1N. The highest BCUT2D eigenvalue weighted by Gasteiger charge is 2.31. The summed E-state index contributed by atoms with van der Waals surface area (Å²) in [5, 5.41) is 6.31. The molecule has 0 aromatic heterocycles. The van der Waals surface area contributed by atoms with Crippen molar-refractivity contribution in [2.45, 2.75) is 62.9 Å². The molecule has 4 aromatic carbocycles. The van der Waals surface area contributed by atoms with E-state index in [1.165, 1.54) is 22.3 Å². The molecule has 4 aromatic rings. The molecule has 1 aliphatic carbocycles. The zero-order chi connectivity index (χ0) is 35.0. The van der Waals surface area contributed by atoms with Crippen molar-refractivity contribution in [2.75, 3.05) is 32.7 Å². The molecule has 0 radical (unpaired) electrons. The number of carbonyl (C=O) groups excluding carboxylic acids is 2. The topological polar surface area (TPSA) is 90.7 Å². The smallest absolute Gasteiger partial charge is 0.318 e. The van der Waals surface area contributed by atoms with Crippen LogP contribution < -0.4 is 16.4 Å². The van der Waals surface area contributed by atoms with Gasteiger partial charge in [-0.25, -0.2) is 9.59 Å². The fourth-order valence-corrected chi connectivity index (χ4v) is 6.99. The number of nitrogens with one attached hydrogen (secondary N) is 2. The molecule has 50 heavy (non-hydrogen) atoms. The number of hydrogen-bond donors (Lipinski definition) is 3. The minimum absolute atomic E-state index is 0.0779. The lowest BCUT2D eigenvalue weighted by molar-refractivity contribution is 0.149. The van der Waals surface area contributed by atoms with E-state index in [0.29, 0.717) is 32.7 Å². The van der Waals surface area contributed by atoms with Crippen molar-refractivity contribution in [3.63, 3.8) is 0 Å². The van der Waals surface area contributed by atoms with E-state index in [1.54, 1.807) is 0 Å². The highest BCUT2D eigenvalue weighted by atomic mass is 16.2.